The third-order valence-corrected chi connectivity index (χ3v) is 8.91. The van der Waals surface area contributed by atoms with E-state index in [4.69, 9.17) is 0 Å². The summed E-state index contributed by atoms with van der Waals surface area (Å²) in [6, 6.07) is 12.1. The van der Waals surface area contributed by atoms with Gasteiger partial charge in [0.15, 0.2) is 4.80 Å². The fourth-order valence-corrected chi connectivity index (χ4v) is 6.95. The van der Waals surface area contributed by atoms with Crippen LogP contribution in [0.2, 0.25) is 0 Å². The summed E-state index contributed by atoms with van der Waals surface area (Å²) in [7, 11) is -3.53. The van der Waals surface area contributed by atoms with E-state index in [9.17, 15) is 13.2 Å². The molecule has 0 aliphatic carbocycles. The minimum absolute atomic E-state index is 0.223. The van der Waals surface area contributed by atoms with Crippen LogP contribution < -0.4 is 4.80 Å². The number of halogens is 1. The van der Waals surface area contributed by atoms with Crippen LogP contribution in [0.25, 0.3) is 10.2 Å². The molecule has 0 unspecified atom stereocenters. The molecule has 1 aliphatic rings. The second kappa shape index (κ2) is 9.36. The number of carbonyl (C=O) groups excluding carboxylic acids is 1. The van der Waals surface area contributed by atoms with Crippen molar-refractivity contribution in [2.24, 2.45) is 4.99 Å². The van der Waals surface area contributed by atoms with Crippen LogP contribution in [-0.2, 0) is 16.6 Å². The van der Waals surface area contributed by atoms with Crippen LogP contribution in [0.15, 0.2) is 56.8 Å². The minimum Gasteiger partial charge on any atom is -0.317 e. The molecule has 1 saturated heterocycles. The Hall–Kier alpha value is -1.81. The van der Waals surface area contributed by atoms with E-state index in [0.717, 1.165) is 40.4 Å². The fourth-order valence-electron chi connectivity index (χ4n) is 3.79. The van der Waals surface area contributed by atoms with Gasteiger partial charge in [-0.2, -0.15) is 9.30 Å². The molecule has 9 heteroatoms. The van der Waals surface area contributed by atoms with Crippen LogP contribution in [0.4, 0.5) is 0 Å². The summed E-state index contributed by atoms with van der Waals surface area (Å²) in [4.78, 5) is 18.0. The quantitative estimate of drug-likeness (QED) is 0.495. The van der Waals surface area contributed by atoms with Crippen LogP contribution in [-0.4, -0.2) is 36.3 Å². The third-order valence-electron chi connectivity index (χ3n) is 5.46. The number of aromatic nitrogens is 1. The van der Waals surface area contributed by atoms with E-state index in [1.54, 1.807) is 16.4 Å². The van der Waals surface area contributed by atoms with Gasteiger partial charge in [0, 0.05) is 29.7 Å². The number of carbonyl (C=O) groups is 1. The number of thiazole rings is 1. The van der Waals surface area contributed by atoms with Crippen molar-refractivity contribution in [2.75, 3.05) is 13.1 Å². The Morgan fingerprint density at radius 1 is 1.06 bits per heavy atom. The monoisotopic (exact) mass is 521 g/mol. The molecule has 0 N–H and O–H groups in total. The zero-order chi connectivity index (χ0) is 22.0. The Kier molecular flexibility index (Phi) is 6.76. The maximum absolute atomic E-state index is 12.9. The molecule has 2 heterocycles. The molecule has 6 nitrogen and oxygen atoms in total. The molecule has 31 heavy (non-hydrogen) atoms. The molecule has 1 amide bonds. The van der Waals surface area contributed by atoms with Crippen molar-refractivity contribution in [1.29, 1.82) is 0 Å². The SMILES string of the molecule is CCn1c(=NC(=O)c2ccc(S(=O)(=O)N3CCCCCC3)cc2)sc2cc(Br)ccc21. The lowest BCUT2D eigenvalue weighted by molar-refractivity contribution is 0.0997. The first-order valence-corrected chi connectivity index (χ1v) is 13.4. The first kappa shape index (κ1) is 22.4. The molecule has 0 saturated carbocycles. The molecule has 2 aromatic carbocycles. The first-order chi connectivity index (χ1) is 14.9. The number of rotatable bonds is 4. The Bertz CT molecular complexity index is 1270. The second-order valence-corrected chi connectivity index (χ2v) is 11.4. The highest BCUT2D eigenvalue weighted by Gasteiger charge is 2.25. The number of hydrogen-bond donors (Lipinski definition) is 0. The highest BCUT2D eigenvalue weighted by Crippen LogP contribution is 2.23. The van der Waals surface area contributed by atoms with E-state index < -0.39 is 10.0 Å². The Morgan fingerprint density at radius 3 is 2.39 bits per heavy atom. The number of hydrogen-bond acceptors (Lipinski definition) is 4. The van der Waals surface area contributed by atoms with Crippen LogP contribution >= 0.6 is 27.3 Å². The molecule has 4 rings (SSSR count). The average molecular weight is 522 g/mol. The van der Waals surface area contributed by atoms with Gasteiger partial charge in [-0.1, -0.05) is 40.1 Å². The van der Waals surface area contributed by atoms with Gasteiger partial charge in [-0.3, -0.25) is 4.79 Å². The van der Waals surface area contributed by atoms with Gasteiger partial charge in [-0.15, -0.1) is 0 Å². The van der Waals surface area contributed by atoms with Crippen molar-refractivity contribution in [3.63, 3.8) is 0 Å². The number of fused-ring (bicyclic) bond motifs is 1. The molecule has 164 valence electrons. The second-order valence-electron chi connectivity index (χ2n) is 7.50. The summed E-state index contributed by atoms with van der Waals surface area (Å²) in [6.07, 6.45) is 3.90. The largest absolute Gasteiger partial charge is 0.317 e. The van der Waals surface area contributed by atoms with Crippen molar-refractivity contribution in [3.05, 3.63) is 57.3 Å². The van der Waals surface area contributed by atoms with Gasteiger partial charge in [-0.05, 0) is 62.2 Å². The lowest BCUT2D eigenvalue weighted by atomic mass is 10.2. The van der Waals surface area contributed by atoms with Gasteiger partial charge in [0.2, 0.25) is 10.0 Å². The summed E-state index contributed by atoms with van der Waals surface area (Å²) >= 11 is 4.94. The number of nitrogens with zero attached hydrogens (tertiary/aromatic N) is 3. The standard InChI is InChI=1S/C22H24BrN3O3S2/c1-2-26-19-12-9-17(23)15-20(19)30-22(26)24-21(27)16-7-10-18(11-8-16)31(28,29)25-13-5-3-4-6-14-25/h7-12,15H,2-6,13-14H2,1H3. The summed E-state index contributed by atoms with van der Waals surface area (Å²) in [5.41, 5.74) is 1.40. The molecular weight excluding hydrogens is 498 g/mol. The van der Waals surface area contributed by atoms with Crippen molar-refractivity contribution >= 4 is 53.4 Å². The topological polar surface area (TPSA) is 71.7 Å². The predicted octanol–water partition coefficient (Wildman–Crippen LogP) is 4.79. The minimum atomic E-state index is -3.53. The zero-order valence-electron chi connectivity index (χ0n) is 17.3. The molecule has 0 atom stereocenters. The Labute approximate surface area is 194 Å². The number of sulfonamides is 1. The van der Waals surface area contributed by atoms with Crippen LogP contribution in [0, 0.1) is 0 Å². The normalized spacial score (nSPS) is 16.5. The van der Waals surface area contributed by atoms with Crippen LogP contribution in [0.5, 0.6) is 0 Å². The van der Waals surface area contributed by atoms with E-state index in [1.807, 2.05) is 29.7 Å². The van der Waals surface area contributed by atoms with Crippen molar-refractivity contribution in [1.82, 2.24) is 8.87 Å². The summed E-state index contributed by atoms with van der Waals surface area (Å²) in [5, 5.41) is 0. The van der Waals surface area contributed by atoms with Gasteiger partial charge in [-0.25, -0.2) is 8.42 Å². The van der Waals surface area contributed by atoms with E-state index in [1.165, 1.54) is 23.5 Å². The number of aryl methyl sites for hydroxylation is 1. The van der Waals surface area contributed by atoms with E-state index in [-0.39, 0.29) is 10.8 Å². The summed E-state index contributed by atoms with van der Waals surface area (Å²) in [6.45, 7) is 3.82. The third kappa shape index (κ3) is 4.69. The molecule has 0 radical (unpaired) electrons. The lowest BCUT2D eigenvalue weighted by Gasteiger charge is -2.19. The Balaban J connectivity index is 1.62. The maximum Gasteiger partial charge on any atom is 0.279 e. The molecule has 0 spiro atoms. The van der Waals surface area contributed by atoms with Crippen LogP contribution in [0.3, 0.4) is 0 Å². The van der Waals surface area contributed by atoms with Crippen LogP contribution in [0.1, 0.15) is 43.0 Å². The smallest absolute Gasteiger partial charge is 0.279 e. The molecule has 0 bridgehead atoms. The Morgan fingerprint density at radius 2 is 1.74 bits per heavy atom. The van der Waals surface area contributed by atoms with Gasteiger partial charge in [0.25, 0.3) is 5.91 Å². The maximum atomic E-state index is 12.9. The lowest BCUT2D eigenvalue weighted by Crippen LogP contribution is -2.31. The van der Waals surface area contributed by atoms with Crippen molar-refractivity contribution in [3.8, 4) is 0 Å². The molecular formula is C22H24BrN3O3S2. The predicted molar refractivity (Wildman–Crippen MR) is 127 cm³/mol. The van der Waals surface area contributed by atoms with Gasteiger partial charge in [0.05, 0.1) is 15.1 Å². The van der Waals surface area contributed by atoms with Crippen molar-refractivity contribution in [2.45, 2.75) is 44.0 Å². The highest BCUT2D eigenvalue weighted by molar-refractivity contribution is 9.10. The average Bonchev–Trinajstić information content (AvgIpc) is 2.92. The van der Waals surface area contributed by atoms with Gasteiger partial charge >= 0.3 is 0 Å². The molecule has 1 aromatic heterocycles. The van der Waals surface area contributed by atoms with E-state index >= 15 is 0 Å². The summed E-state index contributed by atoms with van der Waals surface area (Å²) < 4.78 is 31.4. The van der Waals surface area contributed by atoms with Gasteiger partial charge in [0.1, 0.15) is 0 Å². The van der Waals surface area contributed by atoms with Crippen molar-refractivity contribution < 1.29 is 13.2 Å². The number of amides is 1. The molecule has 1 aliphatic heterocycles. The first-order valence-electron chi connectivity index (χ1n) is 10.4. The zero-order valence-corrected chi connectivity index (χ0v) is 20.5. The van der Waals surface area contributed by atoms with E-state index in [0.29, 0.717) is 30.0 Å². The summed E-state index contributed by atoms with van der Waals surface area (Å²) in [5.74, 6) is -0.383. The van der Waals surface area contributed by atoms with E-state index in [2.05, 4.69) is 20.9 Å². The highest BCUT2D eigenvalue weighted by atomic mass is 79.9. The molecule has 3 aromatic rings. The van der Waals surface area contributed by atoms with Gasteiger partial charge < -0.3 is 4.57 Å². The fraction of sp³-hybridized carbons (Fsp3) is 0.364. The number of benzene rings is 2. The molecule has 1 fully saturated rings.